The second kappa shape index (κ2) is 11.0. The Hall–Kier alpha value is -2.97. The van der Waals surface area contributed by atoms with Crippen LogP contribution in [-0.4, -0.2) is 47.5 Å². The predicted octanol–water partition coefficient (Wildman–Crippen LogP) is 5.12. The van der Waals surface area contributed by atoms with Crippen LogP contribution >= 0.6 is 22.9 Å². The Bertz CT molecular complexity index is 1100. The average Bonchev–Trinajstić information content (AvgIpc) is 3.49. The molecule has 0 spiro atoms. The van der Waals surface area contributed by atoms with Crippen molar-refractivity contribution in [3.05, 3.63) is 75.3 Å². The largest absolute Gasteiger partial charge is 0.491 e. The number of benzene rings is 1. The molecule has 0 aliphatic carbocycles. The average molecular weight is 502 g/mol. The summed E-state index contributed by atoms with van der Waals surface area (Å²) in [7, 11) is 0. The molecule has 2 aromatic heterocycles. The van der Waals surface area contributed by atoms with Crippen LogP contribution in [0.3, 0.4) is 0 Å². The number of nitrogens with zero attached hydrogens (tertiary/aromatic N) is 2. The SMILES string of the molecule is CC(C)NC(=O)N(CC(=O)N1CCc2sccc2[C@H]1COc1ccc(Cl)cc1)Cc1ccco1. The van der Waals surface area contributed by atoms with E-state index in [9.17, 15) is 9.59 Å². The second-order valence-corrected chi connectivity index (χ2v) is 9.89. The molecule has 1 atom stereocenters. The zero-order valence-electron chi connectivity index (χ0n) is 19.2. The van der Waals surface area contributed by atoms with Gasteiger partial charge in [-0.1, -0.05) is 11.6 Å². The van der Waals surface area contributed by atoms with E-state index in [2.05, 4.69) is 11.4 Å². The van der Waals surface area contributed by atoms with Crippen molar-refractivity contribution in [3.8, 4) is 5.75 Å². The van der Waals surface area contributed by atoms with Crippen molar-refractivity contribution in [2.45, 2.75) is 38.9 Å². The minimum absolute atomic E-state index is 0.0504. The summed E-state index contributed by atoms with van der Waals surface area (Å²) >= 11 is 7.68. The molecule has 1 N–H and O–H groups in total. The quantitative estimate of drug-likeness (QED) is 0.465. The van der Waals surface area contributed by atoms with Gasteiger partial charge in [0.25, 0.3) is 0 Å². The first-order valence-corrected chi connectivity index (χ1v) is 12.5. The maximum Gasteiger partial charge on any atom is 0.318 e. The molecule has 0 radical (unpaired) electrons. The van der Waals surface area contributed by atoms with E-state index in [1.807, 2.05) is 36.3 Å². The van der Waals surface area contributed by atoms with Crippen molar-refractivity contribution in [2.75, 3.05) is 19.7 Å². The Morgan fingerprint density at radius 2 is 2.06 bits per heavy atom. The van der Waals surface area contributed by atoms with Crippen molar-refractivity contribution in [1.82, 2.24) is 15.1 Å². The van der Waals surface area contributed by atoms with Gasteiger partial charge in [0, 0.05) is 22.5 Å². The van der Waals surface area contributed by atoms with Crippen molar-refractivity contribution in [2.24, 2.45) is 0 Å². The van der Waals surface area contributed by atoms with E-state index in [-0.39, 0.29) is 37.1 Å². The van der Waals surface area contributed by atoms with E-state index in [4.69, 9.17) is 20.8 Å². The van der Waals surface area contributed by atoms with Gasteiger partial charge in [-0.3, -0.25) is 4.79 Å². The van der Waals surface area contributed by atoms with Gasteiger partial charge in [0.1, 0.15) is 24.7 Å². The third-order valence-corrected chi connectivity index (χ3v) is 6.84. The topological polar surface area (TPSA) is 75.0 Å². The normalized spacial score (nSPS) is 15.2. The van der Waals surface area contributed by atoms with Crippen LogP contribution in [0.25, 0.3) is 0 Å². The molecule has 0 fully saturated rings. The summed E-state index contributed by atoms with van der Waals surface area (Å²) in [5, 5.41) is 5.56. The fraction of sp³-hybridized carbons (Fsp3) is 0.360. The number of ether oxygens (including phenoxy) is 1. The molecule has 1 aliphatic heterocycles. The van der Waals surface area contributed by atoms with Crippen LogP contribution in [0.5, 0.6) is 5.75 Å². The molecular formula is C25H28ClN3O4S. The molecule has 3 aromatic rings. The molecule has 0 saturated carbocycles. The molecule has 9 heteroatoms. The van der Waals surface area contributed by atoms with Crippen LogP contribution in [0.1, 0.15) is 36.1 Å². The Morgan fingerprint density at radius 3 is 2.76 bits per heavy atom. The van der Waals surface area contributed by atoms with E-state index in [0.29, 0.717) is 29.7 Å². The van der Waals surface area contributed by atoms with Gasteiger partial charge in [-0.2, -0.15) is 0 Å². The second-order valence-electron chi connectivity index (χ2n) is 8.46. The number of hydrogen-bond donors (Lipinski definition) is 1. The molecule has 1 aliphatic rings. The summed E-state index contributed by atoms with van der Waals surface area (Å²) in [6, 6.07) is 12.2. The summed E-state index contributed by atoms with van der Waals surface area (Å²) in [4.78, 5) is 30.9. The molecule has 4 rings (SSSR count). The number of rotatable bonds is 8. The van der Waals surface area contributed by atoms with Crippen LogP contribution in [0.15, 0.2) is 58.5 Å². The number of urea groups is 1. The molecule has 0 unspecified atom stereocenters. The zero-order valence-corrected chi connectivity index (χ0v) is 20.8. The molecule has 3 amide bonds. The minimum atomic E-state index is -0.304. The first kappa shape index (κ1) is 24.2. The highest BCUT2D eigenvalue weighted by atomic mass is 35.5. The standard InChI is InChI=1S/C25H28ClN3O4S/c1-17(2)27-25(31)28(14-20-4-3-12-32-20)15-24(30)29-11-9-23-21(10-13-34-23)22(29)16-33-19-7-5-18(26)6-8-19/h3-8,10,12-13,17,22H,9,11,14-16H2,1-2H3,(H,27,31)/t22-/m1/s1. The monoisotopic (exact) mass is 501 g/mol. The molecule has 0 saturated heterocycles. The van der Waals surface area contributed by atoms with E-state index in [1.165, 1.54) is 9.78 Å². The van der Waals surface area contributed by atoms with Gasteiger partial charge < -0.3 is 24.3 Å². The zero-order chi connectivity index (χ0) is 24.1. The fourth-order valence-corrected chi connectivity index (χ4v) is 5.02. The van der Waals surface area contributed by atoms with Gasteiger partial charge >= 0.3 is 6.03 Å². The molecular weight excluding hydrogens is 474 g/mol. The third-order valence-electron chi connectivity index (χ3n) is 5.59. The molecule has 3 heterocycles. The third kappa shape index (κ3) is 5.93. The van der Waals surface area contributed by atoms with E-state index in [1.54, 1.807) is 41.9 Å². The lowest BCUT2D eigenvalue weighted by Crippen LogP contribution is -2.50. The van der Waals surface area contributed by atoms with Gasteiger partial charge in [0.15, 0.2) is 0 Å². The lowest BCUT2D eigenvalue weighted by Gasteiger charge is -2.37. The number of amides is 3. The molecule has 180 valence electrons. The highest BCUT2D eigenvalue weighted by molar-refractivity contribution is 7.10. The van der Waals surface area contributed by atoms with Crippen molar-refractivity contribution in [3.63, 3.8) is 0 Å². The lowest BCUT2D eigenvalue weighted by molar-refractivity contribution is -0.135. The highest BCUT2D eigenvalue weighted by Crippen LogP contribution is 2.34. The van der Waals surface area contributed by atoms with Gasteiger partial charge in [-0.05, 0) is 73.7 Å². The first-order chi connectivity index (χ1) is 16.4. The van der Waals surface area contributed by atoms with Gasteiger partial charge in [0.2, 0.25) is 5.91 Å². The fourth-order valence-electron chi connectivity index (χ4n) is 3.96. The highest BCUT2D eigenvalue weighted by Gasteiger charge is 2.33. The smallest absolute Gasteiger partial charge is 0.318 e. The molecule has 1 aromatic carbocycles. The predicted molar refractivity (Wildman–Crippen MR) is 132 cm³/mol. The van der Waals surface area contributed by atoms with Gasteiger partial charge in [-0.15, -0.1) is 11.3 Å². The Morgan fingerprint density at radius 1 is 1.26 bits per heavy atom. The number of carbonyl (C=O) groups is 2. The van der Waals surface area contributed by atoms with Crippen LogP contribution in [0.2, 0.25) is 5.02 Å². The van der Waals surface area contributed by atoms with Crippen LogP contribution in [0.4, 0.5) is 4.79 Å². The van der Waals surface area contributed by atoms with Crippen molar-refractivity contribution in [1.29, 1.82) is 0 Å². The van der Waals surface area contributed by atoms with E-state index < -0.39 is 0 Å². The van der Waals surface area contributed by atoms with Crippen LogP contribution in [0, 0.1) is 0 Å². The maximum absolute atomic E-state index is 13.5. The van der Waals surface area contributed by atoms with Crippen molar-refractivity contribution < 1.29 is 18.7 Å². The molecule has 7 nitrogen and oxygen atoms in total. The van der Waals surface area contributed by atoms with Crippen LogP contribution < -0.4 is 10.1 Å². The maximum atomic E-state index is 13.5. The summed E-state index contributed by atoms with van der Waals surface area (Å²) in [5.41, 5.74) is 1.10. The molecule has 0 bridgehead atoms. The minimum Gasteiger partial charge on any atom is -0.491 e. The van der Waals surface area contributed by atoms with Crippen LogP contribution in [-0.2, 0) is 17.8 Å². The first-order valence-electron chi connectivity index (χ1n) is 11.2. The summed E-state index contributed by atoms with van der Waals surface area (Å²) < 4.78 is 11.5. The van der Waals surface area contributed by atoms with Crippen molar-refractivity contribution >= 4 is 34.9 Å². The molecule has 34 heavy (non-hydrogen) atoms. The number of furan rings is 1. The van der Waals surface area contributed by atoms with Gasteiger partial charge in [0.05, 0.1) is 18.8 Å². The number of nitrogens with one attached hydrogen (secondary N) is 1. The lowest BCUT2D eigenvalue weighted by atomic mass is 10.0. The number of thiophene rings is 1. The summed E-state index contributed by atoms with van der Waals surface area (Å²) in [6.45, 7) is 4.81. The Balaban J connectivity index is 1.51. The Labute approximate surface area is 208 Å². The van der Waals surface area contributed by atoms with E-state index in [0.717, 1.165) is 12.0 Å². The van der Waals surface area contributed by atoms with E-state index >= 15 is 0 Å². The summed E-state index contributed by atoms with van der Waals surface area (Å²) in [5.74, 6) is 1.18. The Kier molecular flexibility index (Phi) is 7.80. The summed E-state index contributed by atoms with van der Waals surface area (Å²) in [6.07, 6.45) is 2.34. The number of carbonyl (C=O) groups excluding carboxylic acids is 2. The van der Waals surface area contributed by atoms with Gasteiger partial charge in [-0.25, -0.2) is 4.79 Å². The number of halogens is 1. The number of fused-ring (bicyclic) bond motifs is 1. The number of hydrogen-bond acceptors (Lipinski definition) is 5.